The van der Waals surface area contributed by atoms with Crippen molar-refractivity contribution in [2.45, 2.75) is 37.9 Å². The van der Waals surface area contributed by atoms with Gasteiger partial charge in [-0.2, -0.15) is 5.10 Å². The molecule has 1 aliphatic carbocycles. The van der Waals surface area contributed by atoms with Crippen LogP contribution in [0.25, 0.3) is 11.3 Å². The fourth-order valence-electron chi connectivity index (χ4n) is 4.70. The van der Waals surface area contributed by atoms with Gasteiger partial charge in [-0.1, -0.05) is 57.2 Å². The number of carbonyl (C=O) groups is 1. The number of halogens is 3. The molecule has 0 amide bonds. The van der Waals surface area contributed by atoms with Crippen molar-refractivity contribution in [3.8, 4) is 17.0 Å². The van der Waals surface area contributed by atoms with E-state index in [0.717, 1.165) is 29.7 Å². The Morgan fingerprint density at radius 3 is 2.58 bits per heavy atom. The maximum absolute atomic E-state index is 11.8. The van der Waals surface area contributed by atoms with Crippen molar-refractivity contribution in [2.24, 2.45) is 12.2 Å². The third-order valence-electron chi connectivity index (χ3n) is 6.91. The summed E-state index contributed by atoms with van der Waals surface area (Å²) in [6, 6.07) is 12.4. The van der Waals surface area contributed by atoms with Crippen molar-refractivity contribution in [3.63, 3.8) is 0 Å². The van der Waals surface area contributed by atoms with Crippen LogP contribution in [0.1, 0.15) is 64.4 Å². The molecule has 1 atom stereocenters. The summed E-state index contributed by atoms with van der Waals surface area (Å²) in [5, 5.41) is 14.2. The number of hydrogen-bond acceptors (Lipinski definition) is 8. The maximum atomic E-state index is 11.8. The molecule has 1 aliphatic heterocycles. The van der Waals surface area contributed by atoms with E-state index in [4.69, 9.17) is 53.6 Å². The molecule has 40 heavy (non-hydrogen) atoms. The van der Waals surface area contributed by atoms with Crippen LogP contribution in [0.3, 0.4) is 0 Å². The average Bonchev–Trinajstić information content (AvgIpc) is 3.32. The Morgan fingerprint density at radius 2 is 1.88 bits per heavy atom. The van der Waals surface area contributed by atoms with E-state index in [1.54, 1.807) is 42.1 Å². The number of nitrogens with zero attached hydrogens (tertiary/aromatic N) is 4. The molecule has 206 valence electrons. The van der Waals surface area contributed by atoms with Gasteiger partial charge in [0.25, 0.3) is 0 Å². The zero-order valence-electron chi connectivity index (χ0n) is 21.5. The second-order valence-electron chi connectivity index (χ2n) is 9.58. The van der Waals surface area contributed by atoms with Crippen LogP contribution < -0.4 is 4.74 Å². The van der Waals surface area contributed by atoms with Crippen molar-refractivity contribution in [1.29, 1.82) is 0 Å². The predicted molar refractivity (Wildman–Crippen MR) is 149 cm³/mol. The van der Waals surface area contributed by atoms with Crippen molar-refractivity contribution < 1.29 is 23.6 Å². The highest BCUT2D eigenvalue weighted by atomic mass is 35.5. The largest absolute Gasteiger partial charge is 0.489 e. The second kappa shape index (κ2) is 10.8. The number of aryl methyl sites for hydroxylation is 1. The van der Waals surface area contributed by atoms with Crippen LogP contribution in [0.4, 0.5) is 0 Å². The van der Waals surface area contributed by atoms with Gasteiger partial charge in [-0.3, -0.25) is 4.68 Å². The molecule has 0 N–H and O–H groups in total. The summed E-state index contributed by atoms with van der Waals surface area (Å²) >= 11 is 19.6. The highest BCUT2D eigenvalue weighted by Crippen LogP contribution is 2.46. The monoisotopic (exact) mass is 600 g/mol. The maximum Gasteiger partial charge on any atom is 0.358 e. The lowest BCUT2D eigenvalue weighted by atomic mass is 10.0. The standard InChI is InChI=1S/C28H23Cl3N4O5/c1-35-23(11-22(32-35)28(36)37-2)21-12-24(39-33-21)16-9-8-15(10-20(16)31)38-13-17-26(34-40-27(17)14-6-7-14)25-18(29)4-3-5-19(25)30/h3-5,8-11,14,24H,6-7,12-13H2,1-2H3. The van der Waals surface area contributed by atoms with Crippen LogP contribution in [0.15, 0.2) is 52.1 Å². The number of benzene rings is 2. The molecule has 0 bridgehead atoms. The van der Waals surface area contributed by atoms with Crippen LogP contribution >= 0.6 is 34.8 Å². The van der Waals surface area contributed by atoms with Gasteiger partial charge in [-0.15, -0.1) is 0 Å². The van der Waals surface area contributed by atoms with Gasteiger partial charge in [0, 0.05) is 36.6 Å². The number of rotatable bonds is 8. The molecular weight excluding hydrogens is 579 g/mol. The van der Waals surface area contributed by atoms with Crippen molar-refractivity contribution >= 4 is 46.5 Å². The van der Waals surface area contributed by atoms with E-state index < -0.39 is 12.1 Å². The summed E-state index contributed by atoms with van der Waals surface area (Å²) in [6.45, 7) is 0.206. The molecule has 1 saturated carbocycles. The molecule has 6 rings (SSSR count). The van der Waals surface area contributed by atoms with Gasteiger partial charge >= 0.3 is 5.97 Å². The number of ether oxygens (including phenoxy) is 2. The smallest absolute Gasteiger partial charge is 0.358 e. The molecule has 2 aromatic heterocycles. The minimum absolute atomic E-state index is 0.198. The van der Waals surface area contributed by atoms with Crippen LogP contribution in [0.2, 0.25) is 15.1 Å². The van der Waals surface area contributed by atoms with Crippen LogP contribution in [0.5, 0.6) is 5.75 Å². The Morgan fingerprint density at radius 1 is 1.10 bits per heavy atom. The first-order chi connectivity index (χ1) is 19.3. The number of carbonyl (C=O) groups excluding carboxylic acids is 1. The highest BCUT2D eigenvalue weighted by molar-refractivity contribution is 6.39. The molecule has 2 aliphatic rings. The summed E-state index contributed by atoms with van der Waals surface area (Å²) in [5.41, 5.74) is 4.28. The van der Waals surface area contributed by atoms with E-state index in [1.807, 2.05) is 12.1 Å². The average molecular weight is 602 g/mol. The highest BCUT2D eigenvalue weighted by Gasteiger charge is 2.34. The summed E-state index contributed by atoms with van der Waals surface area (Å²) < 4.78 is 18.2. The summed E-state index contributed by atoms with van der Waals surface area (Å²) in [7, 11) is 3.04. The summed E-state index contributed by atoms with van der Waals surface area (Å²) in [6.07, 6.45) is 2.12. The quantitative estimate of drug-likeness (QED) is 0.198. The molecule has 0 radical (unpaired) electrons. The fraction of sp³-hybridized carbons (Fsp3) is 0.286. The molecule has 12 heteroatoms. The SMILES string of the molecule is COC(=O)c1cc(C2=NOC(c3ccc(OCc4c(-c5c(Cl)cccc5Cl)noc4C4CC4)cc3Cl)C2)n(C)n1. The molecule has 4 aromatic rings. The lowest BCUT2D eigenvalue weighted by Gasteiger charge is -2.13. The van der Waals surface area contributed by atoms with E-state index in [-0.39, 0.29) is 12.3 Å². The van der Waals surface area contributed by atoms with Crippen molar-refractivity contribution in [2.75, 3.05) is 7.11 Å². The Hall–Kier alpha value is -3.53. The van der Waals surface area contributed by atoms with E-state index in [2.05, 4.69) is 15.4 Å². The van der Waals surface area contributed by atoms with Gasteiger partial charge in [-0.05, 0) is 37.1 Å². The lowest BCUT2D eigenvalue weighted by molar-refractivity contribution is 0.0593. The van der Waals surface area contributed by atoms with Crippen LogP contribution in [-0.2, 0) is 23.2 Å². The summed E-state index contributed by atoms with van der Waals surface area (Å²) in [4.78, 5) is 17.5. The third kappa shape index (κ3) is 5.05. The van der Waals surface area contributed by atoms with E-state index in [1.165, 1.54) is 7.11 Å². The van der Waals surface area contributed by atoms with Crippen molar-refractivity contribution in [1.82, 2.24) is 14.9 Å². The Balaban J connectivity index is 1.18. The third-order valence-corrected chi connectivity index (χ3v) is 7.86. The fourth-order valence-corrected chi connectivity index (χ4v) is 5.57. The molecule has 1 unspecified atom stereocenters. The second-order valence-corrected chi connectivity index (χ2v) is 10.8. The molecule has 0 saturated heterocycles. The minimum Gasteiger partial charge on any atom is -0.489 e. The van der Waals surface area contributed by atoms with Gasteiger partial charge in [0.1, 0.15) is 29.5 Å². The number of hydrogen-bond donors (Lipinski definition) is 0. The van der Waals surface area contributed by atoms with E-state index in [0.29, 0.717) is 55.8 Å². The van der Waals surface area contributed by atoms with E-state index >= 15 is 0 Å². The van der Waals surface area contributed by atoms with Gasteiger partial charge in [0.05, 0.1) is 33.4 Å². The predicted octanol–water partition coefficient (Wildman–Crippen LogP) is 7.14. The molecule has 1 fully saturated rings. The van der Waals surface area contributed by atoms with Gasteiger partial charge in [-0.25, -0.2) is 4.79 Å². The topological polar surface area (TPSA) is 101 Å². The molecule has 3 heterocycles. The van der Waals surface area contributed by atoms with E-state index in [9.17, 15) is 4.79 Å². The van der Waals surface area contributed by atoms with Crippen molar-refractivity contribution in [3.05, 3.63) is 85.8 Å². The molecular formula is C28H23Cl3N4O5. The first-order valence-electron chi connectivity index (χ1n) is 12.5. The van der Waals surface area contributed by atoms with Gasteiger partial charge in [0.2, 0.25) is 0 Å². The first kappa shape index (κ1) is 26.7. The number of esters is 1. The number of methoxy groups -OCH3 is 1. The number of oxime groups is 1. The summed E-state index contributed by atoms with van der Waals surface area (Å²) in [5.74, 6) is 1.16. The van der Waals surface area contributed by atoms with Crippen LogP contribution in [0, 0.1) is 0 Å². The zero-order chi connectivity index (χ0) is 28.0. The van der Waals surface area contributed by atoms with Crippen LogP contribution in [-0.4, -0.2) is 33.7 Å². The Bertz CT molecular complexity index is 1620. The minimum atomic E-state index is -0.519. The normalized spacial score (nSPS) is 16.5. The Kier molecular flexibility index (Phi) is 7.20. The molecule has 9 nitrogen and oxygen atoms in total. The number of aromatic nitrogens is 3. The van der Waals surface area contributed by atoms with Gasteiger partial charge in [0.15, 0.2) is 11.8 Å². The van der Waals surface area contributed by atoms with Gasteiger partial charge < -0.3 is 18.8 Å². The molecule has 0 spiro atoms. The first-order valence-corrected chi connectivity index (χ1v) is 13.7. The molecule has 2 aromatic carbocycles. The lowest BCUT2D eigenvalue weighted by Crippen LogP contribution is -2.08. The Labute approximate surface area is 244 Å². The zero-order valence-corrected chi connectivity index (χ0v) is 23.8.